The second-order valence-corrected chi connectivity index (χ2v) is 8.85. The van der Waals surface area contributed by atoms with Crippen LogP contribution in [0, 0.1) is 5.82 Å². The molecule has 6 heteroatoms. The third kappa shape index (κ3) is 4.82. The number of aromatic nitrogens is 2. The third-order valence-corrected chi connectivity index (χ3v) is 6.47. The summed E-state index contributed by atoms with van der Waals surface area (Å²) < 4.78 is 15.1. The summed E-state index contributed by atoms with van der Waals surface area (Å²) in [6, 6.07) is 31.5. The van der Waals surface area contributed by atoms with Crippen LogP contribution in [0.2, 0.25) is 0 Å². The van der Waals surface area contributed by atoms with E-state index in [1.807, 2.05) is 66.0 Å². The number of amides is 1. The Morgan fingerprint density at radius 1 is 0.912 bits per heavy atom. The van der Waals surface area contributed by atoms with E-state index in [-0.39, 0.29) is 17.8 Å². The van der Waals surface area contributed by atoms with Gasteiger partial charge in [-0.2, -0.15) is 5.10 Å². The lowest BCUT2D eigenvalue weighted by Crippen LogP contribution is -2.31. The summed E-state index contributed by atoms with van der Waals surface area (Å²) in [6.07, 6.45) is 0.652. The summed E-state index contributed by atoms with van der Waals surface area (Å²) in [5.41, 5.74) is 3.86. The molecule has 3 aromatic carbocycles. The molecule has 0 saturated heterocycles. The first-order valence-electron chi connectivity index (χ1n) is 11.0. The minimum atomic E-state index is -0.340. The molecule has 0 aliphatic heterocycles. The molecule has 0 bridgehead atoms. The van der Waals surface area contributed by atoms with E-state index in [0.29, 0.717) is 23.5 Å². The van der Waals surface area contributed by atoms with Crippen LogP contribution in [0.4, 0.5) is 4.39 Å². The highest BCUT2D eigenvalue weighted by Gasteiger charge is 2.22. The molecule has 0 radical (unpaired) electrons. The molecule has 0 fully saturated rings. The smallest absolute Gasteiger partial charge is 0.270 e. The van der Waals surface area contributed by atoms with Gasteiger partial charge in [-0.15, -0.1) is 11.3 Å². The van der Waals surface area contributed by atoms with Crippen molar-refractivity contribution >= 4 is 17.2 Å². The Balaban J connectivity index is 1.51. The number of halogens is 1. The topological polar surface area (TPSA) is 46.9 Å². The predicted molar refractivity (Wildman–Crippen MR) is 134 cm³/mol. The van der Waals surface area contributed by atoms with Gasteiger partial charge in [-0.3, -0.25) is 4.79 Å². The Morgan fingerprint density at radius 2 is 1.62 bits per heavy atom. The Labute approximate surface area is 201 Å². The number of hydrogen-bond acceptors (Lipinski definition) is 3. The molecular weight excluding hydrogens is 445 g/mol. The zero-order valence-corrected chi connectivity index (χ0v) is 19.1. The van der Waals surface area contributed by atoms with Crippen molar-refractivity contribution in [2.45, 2.75) is 12.5 Å². The van der Waals surface area contributed by atoms with Gasteiger partial charge >= 0.3 is 0 Å². The average molecular weight is 468 g/mol. The molecule has 2 heterocycles. The van der Waals surface area contributed by atoms with E-state index >= 15 is 0 Å². The number of benzene rings is 3. The number of rotatable bonds is 7. The van der Waals surface area contributed by atoms with Crippen molar-refractivity contribution in [1.29, 1.82) is 0 Å². The van der Waals surface area contributed by atoms with Gasteiger partial charge < -0.3 is 5.32 Å². The Kier molecular flexibility index (Phi) is 6.31. The van der Waals surface area contributed by atoms with Gasteiger partial charge in [-0.05, 0) is 59.3 Å². The van der Waals surface area contributed by atoms with Gasteiger partial charge in [0.2, 0.25) is 0 Å². The first-order valence-corrected chi connectivity index (χ1v) is 11.8. The highest BCUT2D eigenvalue weighted by atomic mass is 32.1. The summed E-state index contributed by atoms with van der Waals surface area (Å²) in [6.45, 7) is 0. The van der Waals surface area contributed by atoms with Crippen LogP contribution in [0.5, 0.6) is 0 Å². The van der Waals surface area contributed by atoms with E-state index < -0.39 is 0 Å². The van der Waals surface area contributed by atoms with Gasteiger partial charge in [0, 0.05) is 0 Å². The van der Waals surface area contributed by atoms with Gasteiger partial charge in [0.15, 0.2) is 0 Å². The first kappa shape index (κ1) is 21.8. The molecule has 0 aliphatic rings. The van der Waals surface area contributed by atoms with Crippen LogP contribution in [0.15, 0.2) is 109 Å². The normalized spacial score (nSPS) is 11.8. The largest absolute Gasteiger partial charge is 0.344 e. The van der Waals surface area contributed by atoms with Crippen molar-refractivity contribution in [2.75, 3.05) is 0 Å². The second kappa shape index (κ2) is 9.85. The number of nitrogens with zero attached hydrogens (tertiary/aromatic N) is 2. The highest BCUT2D eigenvalue weighted by Crippen LogP contribution is 2.27. The molecule has 1 amide bonds. The van der Waals surface area contributed by atoms with E-state index in [9.17, 15) is 9.18 Å². The lowest BCUT2D eigenvalue weighted by molar-refractivity contribution is 0.0928. The number of hydrogen-bond donors (Lipinski definition) is 1. The van der Waals surface area contributed by atoms with Crippen LogP contribution in [0.1, 0.15) is 27.7 Å². The maximum atomic E-state index is 13.6. The lowest BCUT2D eigenvalue weighted by Gasteiger charge is -2.20. The van der Waals surface area contributed by atoms with E-state index in [0.717, 1.165) is 16.0 Å². The van der Waals surface area contributed by atoms with E-state index in [4.69, 9.17) is 0 Å². The minimum Gasteiger partial charge on any atom is -0.344 e. The van der Waals surface area contributed by atoms with Crippen molar-refractivity contribution in [3.05, 3.63) is 131 Å². The van der Waals surface area contributed by atoms with E-state index in [2.05, 4.69) is 22.5 Å². The van der Waals surface area contributed by atoms with Gasteiger partial charge in [-0.1, -0.05) is 66.7 Å². The highest BCUT2D eigenvalue weighted by molar-refractivity contribution is 7.13. The Bertz CT molecular complexity index is 1360. The number of carbonyl (C=O) groups excluding carboxylic acids is 1. The van der Waals surface area contributed by atoms with Crippen molar-refractivity contribution < 1.29 is 9.18 Å². The van der Waals surface area contributed by atoms with Gasteiger partial charge in [0.05, 0.1) is 16.6 Å². The molecule has 0 saturated carbocycles. The fourth-order valence-corrected chi connectivity index (χ4v) is 4.57. The standard InChI is InChI=1S/C28H22FN3OS/c29-22-13-15-23(16-14-22)32-26(19-25(31-32)27-12-7-17-34-27)28(33)30-24(21-10-5-2-6-11-21)18-20-8-3-1-4-9-20/h1-17,19,24H,18H2,(H,30,33). The molecular formula is C28H22FN3OS. The Morgan fingerprint density at radius 3 is 2.29 bits per heavy atom. The number of thiophene rings is 1. The molecule has 168 valence electrons. The molecule has 1 N–H and O–H groups in total. The zero-order valence-electron chi connectivity index (χ0n) is 18.3. The molecule has 34 heavy (non-hydrogen) atoms. The quantitative estimate of drug-likeness (QED) is 0.299. The Hall–Kier alpha value is -4.03. The van der Waals surface area contributed by atoms with Crippen LogP contribution in [-0.2, 0) is 6.42 Å². The monoisotopic (exact) mass is 467 g/mol. The summed E-state index contributed by atoms with van der Waals surface area (Å²) >= 11 is 1.55. The third-order valence-electron chi connectivity index (χ3n) is 5.58. The fourth-order valence-electron chi connectivity index (χ4n) is 3.89. The first-order chi connectivity index (χ1) is 16.7. The number of nitrogens with one attached hydrogen (secondary N) is 1. The average Bonchev–Trinajstić information content (AvgIpc) is 3.56. The number of carbonyl (C=O) groups is 1. The van der Waals surface area contributed by atoms with Crippen molar-refractivity contribution in [3.63, 3.8) is 0 Å². The fraction of sp³-hybridized carbons (Fsp3) is 0.0714. The molecule has 5 aromatic rings. The molecule has 0 spiro atoms. The van der Waals surface area contributed by atoms with Gasteiger partial charge in [0.25, 0.3) is 5.91 Å². The lowest BCUT2D eigenvalue weighted by atomic mass is 9.98. The molecule has 1 atom stereocenters. The van der Waals surface area contributed by atoms with Gasteiger partial charge in [0.1, 0.15) is 17.2 Å². The van der Waals surface area contributed by atoms with Crippen LogP contribution in [-0.4, -0.2) is 15.7 Å². The summed E-state index contributed by atoms with van der Waals surface area (Å²) in [7, 11) is 0. The second-order valence-electron chi connectivity index (χ2n) is 7.91. The zero-order chi connectivity index (χ0) is 23.3. The van der Waals surface area contributed by atoms with Crippen LogP contribution >= 0.6 is 11.3 Å². The van der Waals surface area contributed by atoms with Crippen LogP contribution < -0.4 is 5.32 Å². The minimum absolute atomic E-state index is 0.224. The van der Waals surface area contributed by atoms with Crippen LogP contribution in [0.3, 0.4) is 0 Å². The molecule has 0 aliphatic carbocycles. The van der Waals surface area contributed by atoms with Crippen molar-refractivity contribution in [3.8, 4) is 16.3 Å². The predicted octanol–water partition coefficient (Wildman–Crippen LogP) is 6.45. The van der Waals surface area contributed by atoms with E-state index in [1.165, 1.54) is 12.1 Å². The van der Waals surface area contributed by atoms with Gasteiger partial charge in [-0.25, -0.2) is 9.07 Å². The summed E-state index contributed by atoms with van der Waals surface area (Å²) in [5.74, 6) is -0.586. The van der Waals surface area contributed by atoms with Crippen molar-refractivity contribution in [1.82, 2.24) is 15.1 Å². The molecule has 5 rings (SSSR count). The van der Waals surface area contributed by atoms with Crippen molar-refractivity contribution in [2.24, 2.45) is 0 Å². The maximum absolute atomic E-state index is 13.6. The maximum Gasteiger partial charge on any atom is 0.270 e. The molecule has 4 nitrogen and oxygen atoms in total. The summed E-state index contributed by atoms with van der Waals surface area (Å²) in [4.78, 5) is 14.6. The van der Waals surface area contributed by atoms with E-state index in [1.54, 1.807) is 34.2 Å². The molecule has 2 aromatic heterocycles. The van der Waals surface area contributed by atoms with Crippen LogP contribution in [0.25, 0.3) is 16.3 Å². The summed E-state index contributed by atoms with van der Waals surface area (Å²) in [5, 5.41) is 9.86. The molecule has 1 unspecified atom stereocenters. The SMILES string of the molecule is O=C(NC(Cc1ccccc1)c1ccccc1)c1cc(-c2cccs2)nn1-c1ccc(F)cc1.